The van der Waals surface area contributed by atoms with Crippen LogP contribution in [0.1, 0.15) is 10.4 Å². The zero-order chi connectivity index (χ0) is 18.7. The maximum absolute atomic E-state index is 12.9. The van der Waals surface area contributed by atoms with E-state index in [0.29, 0.717) is 34.3 Å². The van der Waals surface area contributed by atoms with Crippen molar-refractivity contribution in [1.29, 1.82) is 0 Å². The molecule has 0 saturated carbocycles. The van der Waals surface area contributed by atoms with Gasteiger partial charge < -0.3 is 14.6 Å². The summed E-state index contributed by atoms with van der Waals surface area (Å²) in [6.45, 7) is 4.66. The van der Waals surface area contributed by atoms with E-state index in [-0.39, 0.29) is 17.2 Å². The van der Waals surface area contributed by atoms with Crippen molar-refractivity contribution in [3.63, 3.8) is 0 Å². The topological polar surface area (TPSA) is 99.2 Å². The Morgan fingerprint density at radius 2 is 2.27 bits per heavy atom. The van der Waals surface area contributed by atoms with Crippen molar-refractivity contribution in [3.05, 3.63) is 33.1 Å². The van der Waals surface area contributed by atoms with Crippen LogP contribution < -0.4 is 10.9 Å². The average Bonchev–Trinajstić information content (AvgIpc) is 3.21. The molecule has 0 fully saturated rings. The fraction of sp³-hybridized carbons (Fsp3) is 0.375. The van der Waals surface area contributed by atoms with Crippen LogP contribution in [0.3, 0.4) is 0 Å². The van der Waals surface area contributed by atoms with Gasteiger partial charge in [0, 0.05) is 18.1 Å². The molecule has 3 aromatic heterocycles. The molecular weight excluding hydrogens is 376 g/mol. The molecule has 0 bridgehead atoms. The minimum Gasteiger partial charge on any atom is -0.383 e. The van der Waals surface area contributed by atoms with Crippen LogP contribution in [0.5, 0.6) is 0 Å². The molecule has 26 heavy (non-hydrogen) atoms. The molecule has 1 N–H and O–H groups in total. The SMILES string of the molecule is COCCn1c(SCC(=O)Nc2ccon2)nc2sc(C)c(C)c2c1=O. The Hall–Kier alpha value is -2.17. The molecule has 0 radical (unpaired) electrons. The van der Waals surface area contributed by atoms with Crippen LogP contribution in [0.4, 0.5) is 5.82 Å². The minimum absolute atomic E-state index is 0.0983. The molecule has 0 saturated heterocycles. The van der Waals surface area contributed by atoms with Gasteiger partial charge in [-0.1, -0.05) is 16.9 Å². The largest absolute Gasteiger partial charge is 0.383 e. The monoisotopic (exact) mass is 394 g/mol. The molecule has 3 rings (SSSR count). The van der Waals surface area contributed by atoms with Crippen molar-refractivity contribution < 1.29 is 14.1 Å². The van der Waals surface area contributed by atoms with Crippen LogP contribution in [0.15, 0.2) is 26.8 Å². The normalized spacial score (nSPS) is 11.2. The molecule has 0 spiro atoms. The third-order valence-electron chi connectivity index (χ3n) is 3.81. The van der Waals surface area contributed by atoms with Gasteiger partial charge >= 0.3 is 0 Å². The maximum atomic E-state index is 12.9. The van der Waals surface area contributed by atoms with Crippen molar-refractivity contribution in [2.75, 3.05) is 24.8 Å². The second-order valence-corrected chi connectivity index (χ2v) is 7.67. The Labute approximate surface area is 157 Å². The first-order valence-corrected chi connectivity index (χ1v) is 9.64. The summed E-state index contributed by atoms with van der Waals surface area (Å²) in [5.74, 6) is 0.191. The third kappa shape index (κ3) is 3.81. The molecule has 0 atom stereocenters. The first kappa shape index (κ1) is 18.6. The number of nitrogens with one attached hydrogen (secondary N) is 1. The second kappa shape index (κ2) is 8.02. The smallest absolute Gasteiger partial charge is 0.263 e. The van der Waals surface area contributed by atoms with Gasteiger partial charge in [-0.15, -0.1) is 11.3 Å². The Morgan fingerprint density at radius 3 is 2.96 bits per heavy atom. The minimum atomic E-state index is -0.255. The number of thioether (sulfide) groups is 1. The van der Waals surface area contributed by atoms with Crippen LogP contribution in [-0.4, -0.2) is 40.1 Å². The van der Waals surface area contributed by atoms with E-state index < -0.39 is 0 Å². The third-order valence-corrected chi connectivity index (χ3v) is 5.89. The number of hydrogen-bond acceptors (Lipinski definition) is 8. The Morgan fingerprint density at radius 1 is 1.46 bits per heavy atom. The predicted molar refractivity (Wildman–Crippen MR) is 101 cm³/mol. The summed E-state index contributed by atoms with van der Waals surface area (Å²) >= 11 is 2.69. The number of aromatic nitrogens is 3. The van der Waals surface area contributed by atoms with Gasteiger partial charge in [0.2, 0.25) is 5.91 Å². The summed E-state index contributed by atoms with van der Waals surface area (Å²) in [6, 6.07) is 1.55. The van der Waals surface area contributed by atoms with Crippen molar-refractivity contribution in [3.8, 4) is 0 Å². The average molecular weight is 394 g/mol. The molecule has 3 heterocycles. The summed E-state index contributed by atoms with van der Waals surface area (Å²) < 4.78 is 11.4. The van der Waals surface area contributed by atoms with Crippen molar-refractivity contribution in [2.45, 2.75) is 25.5 Å². The molecule has 0 aliphatic rings. The van der Waals surface area contributed by atoms with Gasteiger partial charge in [0.05, 0.1) is 24.3 Å². The van der Waals surface area contributed by atoms with Crippen LogP contribution in [-0.2, 0) is 16.1 Å². The van der Waals surface area contributed by atoms with E-state index in [9.17, 15) is 9.59 Å². The maximum Gasteiger partial charge on any atom is 0.263 e. The lowest BCUT2D eigenvalue weighted by atomic mass is 10.2. The summed E-state index contributed by atoms with van der Waals surface area (Å²) in [5, 5.41) is 7.39. The summed E-state index contributed by atoms with van der Waals surface area (Å²) in [6.07, 6.45) is 1.38. The summed E-state index contributed by atoms with van der Waals surface area (Å²) in [7, 11) is 1.58. The highest BCUT2D eigenvalue weighted by Gasteiger charge is 2.17. The number of carbonyl (C=O) groups is 1. The van der Waals surface area contributed by atoms with Gasteiger partial charge in [0.15, 0.2) is 11.0 Å². The highest BCUT2D eigenvalue weighted by Crippen LogP contribution is 2.28. The number of rotatable bonds is 7. The van der Waals surface area contributed by atoms with E-state index >= 15 is 0 Å². The van der Waals surface area contributed by atoms with Gasteiger partial charge in [-0.25, -0.2) is 4.98 Å². The lowest BCUT2D eigenvalue weighted by Crippen LogP contribution is -2.26. The number of fused-ring (bicyclic) bond motifs is 1. The Balaban J connectivity index is 1.88. The number of thiophene rings is 1. The van der Waals surface area contributed by atoms with E-state index in [4.69, 9.17) is 4.74 Å². The number of ether oxygens (including phenoxy) is 1. The van der Waals surface area contributed by atoms with Gasteiger partial charge in [-0.2, -0.15) is 0 Å². The molecule has 3 aromatic rings. The first-order valence-electron chi connectivity index (χ1n) is 7.83. The number of methoxy groups -OCH3 is 1. The predicted octanol–water partition coefficient (Wildman–Crippen LogP) is 2.44. The van der Waals surface area contributed by atoms with Crippen LogP contribution >= 0.6 is 23.1 Å². The van der Waals surface area contributed by atoms with Crippen LogP contribution in [0.2, 0.25) is 0 Å². The number of amides is 1. The molecule has 8 nitrogen and oxygen atoms in total. The molecule has 10 heteroatoms. The number of aryl methyl sites for hydroxylation is 2. The van der Waals surface area contributed by atoms with E-state index in [1.807, 2.05) is 13.8 Å². The number of anilines is 1. The molecular formula is C16H18N4O4S2. The first-order chi connectivity index (χ1) is 12.5. The fourth-order valence-electron chi connectivity index (χ4n) is 2.38. The van der Waals surface area contributed by atoms with E-state index in [1.54, 1.807) is 17.7 Å². The molecule has 0 aromatic carbocycles. The number of hydrogen-bond donors (Lipinski definition) is 1. The molecule has 0 unspecified atom stereocenters. The number of carbonyl (C=O) groups excluding carboxylic acids is 1. The lowest BCUT2D eigenvalue weighted by Gasteiger charge is -2.11. The molecule has 0 aliphatic heterocycles. The quantitative estimate of drug-likeness (QED) is 0.485. The second-order valence-electron chi connectivity index (χ2n) is 5.53. The van der Waals surface area contributed by atoms with Crippen molar-refractivity contribution >= 4 is 45.0 Å². The van der Waals surface area contributed by atoms with Gasteiger partial charge in [0.25, 0.3) is 5.56 Å². The molecule has 138 valence electrons. The number of nitrogens with zero attached hydrogens (tertiary/aromatic N) is 3. The van der Waals surface area contributed by atoms with Crippen molar-refractivity contribution in [2.24, 2.45) is 0 Å². The fourth-order valence-corrected chi connectivity index (χ4v) is 4.28. The van der Waals surface area contributed by atoms with Gasteiger partial charge in [-0.3, -0.25) is 14.2 Å². The zero-order valence-corrected chi connectivity index (χ0v) is 16.2. The summed E-state index contributed by atoms with van der Waals surface area (Å²) in [5.41, 5.74) is 0.849. The van der Waals surface area contributed by atoms with E-state index in [1.165, 1.54) is 29.4 Å². The van der Waals surface area contributed by atoms with E-state index in [0.717, 1.165) is 10.4 Å². The van der Waals surface area contributed by atoms with Crippen LogP contribution in [0.25, 0.3) is 10.2 Å². The zero-order valence-electron chi connectivity index (χ0n) is 14.6. The van der Waals surface area contributed by atoms with E-state index in [2.05, 4.69) is 20.0 Å². The lowest BCUT2D eigenvalue weighted by molar-refractivity contribution is -0.113. The Kier molecular flexibility index (Phi) is 5.74. The highest BCUT2D eigenvalue weighted by molar-refractivity contribution is 7.99. The van der Waals surface area contributed by atoms with Gasteiger partial charge in [0.1, 0.15) is 11.1 Å². The highest BCUT2D eigenvalue weighted by atomic mass is 32.2. The Bertz CT molecular complexity index is 978. The summed E-state index contributed by atoms with van der Waals surface area (Å²) in [4.78, 5) is 31.4. The molecule has 1 amide bonds. The standard InChI is InChI=1S/C16H18N4O4S2/c1-9-10(2)26-14-13(9)15(22)20(5-7-23-3)16(18-14)25-8-12(21)17-11-4-6-24-19-11/h4,6H,5,7-8H2,1-3H3,(H,17,19,21). The van der Waals surface area contributed by atoms with Gasteiger partial charge in [-0.05, 0) is 19.4 Å². The molecule has 0 aliphatic carbocycles. The van der Waals surface area contributed by atoms with Crippen LogP contribution in [0, 0.1) is 13.8 Å². The van der Waals surface area contributed by atoms with Crippen molar-refractivity contribution in [1.82, 2.24) is 14.7 Å².